The molecule has 1 aliphatic carbocycles. The molecule has 5 heteroatoms. The number of likely N-dealkylation sites (tertiary alicyclic amines) is 1. The fraction of sp³-hybridized carbons (Fsp3) is 0.611. The molecule has 2 aliphatic rings. The van der Waals surface area contributed by atoms with Gasteiger partial charge in [0.1, 0.15) is 5.67 Å². The van der Waals surface area contributed by atoms with Gasteiger partial charge in [0.15, 0.2) is 0 Å². The fourth-order valence-corrected chi connectivity index (χ4v) is 3.71. The largest absolute Gasteiger partial charge is 0.352 e. The van der Waals surface area contributed by atoms with Crippen LogP contribution in [-0.2, 0) is 11.3 Å². The SMILES string of the molecule is CC1C(NC(=O)C2CC(F)(CN)C2)CCN1Cc1ccccc1. The van der Waals surface area contributed by atoms with Crippen molar-refractivity contribution in [2.75, 3.05) is 13.1 Å². The number of rotatable bonds is 5. The van der Waals surface area contributed by atoms with Crippen LogP contribution >= 0.6 is 0 Å². The monoisotopic (exact) mass is 319 g/mol. The van der Waals surface area contributed by atoms with E-state index >= 15 is 0 Å². The topological polar surface area (TPSA) is 58.4 Å². The fourth-order valence-electron chi connectivity index (χ4n) is 3.71. The molecule has 4 nitrogen and oxygen atoms in total. The Morgan fingerprint density at radius 1 is 1.39 bits per heavy atom. The van der Waals surface area contributed by atoms with Gasteiger partial charge in [-0.1, -0.05) is 30.3 Å². The molecule has 1 saturated carbocycles. The third-order valence-electron chi connectivity index (χ3n) is 5.40. The second-order valence-corrected chi connectivity index (χ2v) is 7.06. The van der Waals surface area contributed by atoms with Crippen LogP contribution in [0.25, 0.3) is 0 Å². The van der Waals surface area contributed by atoms with Gasteiger partial charge in [-0.05, 0) is 31.7 Å². The first kappa shape index (κ1) is 16.4. The molecule has 0 radical (unpaired) electrons. The Kier molecular flexibility index (Phi) is 4.69. The van der Waals surface area contributed by atoms with Gasteiger partial charge in [0.05, 0.1) is 0 Å². The van der Waals surface area contributed by atoms with Gasteiger partial charge >= 0.3 is 0 Å². The predicted octanol–water partition coefficient (Wildman–Crippen LogP) is 1.84. The van der Waals surface area contributed by atoms with E-state index in [0.29, 0.717) is 6.04 Å². The second-order valence-electron chi connectivity index (χ2n) is 7.06. The van der Waals surface area contributed by atoms with Crippen molar-refractivity contribution in [2.45, 2.75) is 50.5 Å². The molecule has 0 bridgehead atoms. The van der Waals surface area contributed by atoms with Crippen LogP contribution < -0.4 is 11.1 Å². The van der Waals surface area contributed by atoms with Gasteiger partial charge in [-0.25, -0.2) is 4.39 Å². The molecule has 3 N–H and O–H groups in total. The van der Waals surface area contributed by atoms with Gasteiger partial charge in [0.2, 0.25) is 5.91 Å². The molecule has 1 aromatic carbocycles. The third-order valence-corrected chi connectivity index (χ3v) is 5.40. The molecule has 2 atom stereocenters. The van der Waals surface area contributed by atoms with Crippen molar-refractivity contribution in [3.8, 4) is 0 Å². The summed E-state index contributed by atoms with van der Waals surface area (Å²) in [6.45, 7) is 4.04. The first-order valence-electron chi connectivity index (χ1n) is 8.48. The van der Waals surface area contributed by atoms with Gasteiger partial charge in [-0.3, -0.25) is 9.69 Å². The summed E-state index contributed by atoms with van der Waals surface area (Å²) >= 11 is 0. The Hall–Kier alpha value is -1.46. The lowest BCUT2D eigenvalue weighted by molar-refractivity contribution is -0.134. The highest BCUT2D eigenvalue weighted by molar-refractivity contribution is 5.80. The minimum Gasteiger partial charge on any atom is -0.352 e. The van der Waals surface area contributed by atoms with Crippen LogP contribution in [0.15, 0.2) is 30.3 Å². The van der Waals surface area contributed by atoms with E-state index in [0.717, 1.165) is 19.5 Å². The molecule has 2 fully saturated rings. The molecule has 23 heavy (non-hydrogen) atoms. The molecule has 1 aromatic rings. The van der Waals surface area contributed by atoms with Crippen LogP contribution in [0.5, 0.6) is 0 Å². The lowest BCUT2D eigenvalue weighted by Gasteiger charge is -2.40. The molecule has 1 aliphatic heterocycles. The van der Waals surface area contributed by atoms with Gasteiger partial charge in [0, 0.05) is 37.6 Å². The van der Waals surface area contributed by atoms with E-state index in [4.69, 9.17) is 5.73 Å². The lowest BCUT2D eigenvalue weighted by Crippen LogP contribution is -2.54. The molecule has 126 valence electrons. The smallest absolute Gasteiger partial charge is 0.223 e. The normalized spacial score (nSPS) is 34.1. The summed E-state index contributed by atoms with van der Waals surface area (Å²) in [7, 11) is 0. The summed E-state index contributed by atoms with van der Waals surface area (Å²) in [6, 6.07) is 10.8. The van der Waals surface area contributed by atoms with E-state index in [1.165, 1.54) is 5.56 Å². The van der Waals surface area contributed by atoms with Crippen molar-refractivity contribution in [3.05, 3.63) is 35.9 Å². The number of carbonyl (C=O) groups is 1. The number of amides is 1. The number of halogens is 1. The van der Waals surface area contributed by atoms with E-state index in [1.54, 1.807) is 0 Å². The van der Waals surface area contributed by atoms with E-state index < -0.39 is 5.67 Å². The van der Waals surface area contributed by atoms with Crippen molar-refractivity contribution in [3.63, 3.8) is 0 Å². The molecule has 0 aromatic heterocycles. The van der Waals surface area contributed by atoms with E-state index in [2.05, 4.69) is 29.3 Å². The number of benzene rings is 1. The first-order valence-corrected chi connectivity index (χ1v) is 8.48. The van der Waals surface area contributed by atoms with E-state index in [-0.39, 0.29) is 37.3 Å². The lowest BCUT2D eigenvalue weighted by atomic mass is 9.72. The Labute approximate surface area is 137 Å². The molecule has 1 amide bonds. The van der Waals surface area contributed by atoms with Crippen molar-refractivity contribution in [1.82, 2.24) is 10.2 Å². The predicted molar refractivity (Wildman–Crippen MR) is 88.5 cm³/mol. The van der Waals surface area contributed by atoms with Crippen LogP contribution in [0, 0.1) is 5.92 Å². The van der Waals surface area contributed by atoms with Crippen LogP contribution in [0.1, 0.15) is 31.7 Å². The summed E-state index contributed by atoms with van der Waals surface area (Å²) in [5, 5.41) is 3.12. The third kappa shape index (κ3) is 3.56. The van der Waals surface area contributed by atoms with Crippen LogP contribution in [0.3, 0.4) is 0 Å². The summed E-state index contributed by atoms with van der Waals surface area (Å²) in [5.74, 6) is -0.218. The minimum atomic E-state index is -1.32. The molecule has 1 saturated heterocycles. The van der Waals surface area contributed by atoms with E-state index in [9.17, 15) is 9.18 Å². The zero-order valence-corrected chi connectivity index (χ0v) is 13.7. The van der Waals surface area contributed by atoms with Crippen molar-refractivity contribution >= 4 is 5.91 Å². The van der Waals surface area contributed by atoms with Crippen molar-refractivity contribution in [1.29, 1.82) is 0 Å². The zero-order chi connectivity index (χ0) is 16.4. The van der Waals surface area contributed by atoms with Gasteiger partial charge in [-0.2, -0.15) is 0 Å². The van der Waals surface area contributed by atoms with Gasteiger partial charge in [-0.15, -0.1) is 0 Å². The summed E-state index contributed by atoms with van der Waals surface area (Å²) in [6.07, 6.45) is 1.48. The molecular formula is C18H26FN3O. The number of hydrogen-bond acceptors (Lipinski definition) is 3. The Morgan fingerprint density at radius 2 is 2.09 bits per heavy atom. The van der Waals surface area contributed by atoms with Gasteiger partial charge in [0.25, 0.3) is 0 Å². The molecular weight excluding hydrogens is 293 g/mol. The van der Waals surface area contributed by atoms with Crippen LogP contribution in [-0.4, -0.2) is 41.6 Å². The number of nitrogens with zero attached hydrogens (tertiary/aromatic N) is 1. The van der Waals surface area contributed by atoms with Crippen molar-refractivity contribution in [2.24, 2.45) is 11.7 Å². The first-order chi connectivity index (χ1) is 11.0. The average Bonchev–Trinajstić information content (AvgIpc) is 2.86. The summed E-state index contributed by atoms with van der Waals surface area (Å²) in [5.41, 5.74) is 5.36. The highest BCUT2D eigenvalue weighted by atomic mass is 19.1. The summed E-state index contributed by atoms with van der Waals surface area (Å²) in [4.78, 5) is 14.6. The summed E-state index contributed by atoms with van der Waals surface area (Å²) < 4.78 is 13.8. The second kappa shape index (κ2) is 6.57. The number of hydrogen-bond donors (Lipinski definition) is 2. The Morgan fingerprint density at radius 3 is 2.74 bits per heavy atom. The molecule has 1 heterocycles. The Balaban J connectivity index is 1.49. The maximum absolute atomic E-state index is 13.8. The number of nitrogens with two attached hydrogens (primary N) is 1. The van der Waals surface area contributed by atoms with Crippen LogP contribution in [0.4, 0.5) is 4.39 Å². The maximum Gasteiger partial charge on any atom is 0.223 e. The standard InChI is InChI=1S/C18H26FN3O/c1-13-16(21-17(23)15-9-18(19,10-15)12-20)7-8-22(13)11-14-5-3-2-4-6-14/h2-6,13,15-16H,7-12,20H2,1H3,(H,21,23). The Bertz CT molecular complexity index is 544. The average molecular weight is 319 g/mol. The molecule has 0 spiro atoms. The van der Waals surface area contributed by atoms with E-state index in [1.807, 2.05) is 18.2 Å². The van der Waals surface area contributed by atoms with Crippen LogP contribution in [0.2, 0.25) is 0 Å². The van der Waals surface area contributed by atoms with Crippen molar-refractivity contribution < 1.29 is 9.18 Å². The minimum absolute atomic E-state index is 0.00913. The highest BCUT2D eigenvalue weighted by Crippen LogP contribution is 2.40. The number of carbonyl (C=O) groups excluding carboxylic acids is 1. The highest BCUT2D eigenvalue weighted by Gasteiger charge is 2.47. The maximum atomic E-state index is 13.8. The number of nitrogens with one attached hydrogen (secondary N) is 1. The zero-order valence-electron chi connectivity index (χ0n) is 13.7. The quantitative estimate of drug-likeness (QED) is 0.871. The molecule has 3 rings (SSSR count). The number of alkyl halides is 1. The van der Waals surface area contributed by atoms with Gasteiger partial charge < -0.3 is 11.1 Å². The molecule has 2 unspecified atom stereocenters.